The molecule has 19 heavy (non-hydrogen) atoms. The van der Waals surface area contributed by atoms with Crippen LogP contribution in [0.25, 0.3) is 0 Å². The molecule has 0 saturated heterocycles. The number of nitrogens with one attached hydrogen (secondary N) is 1. The fourth-order valence-corrected chi connectivity index (χ4v) is 3.00. The Kier molecular flexibility index (Phi) is 6.31. The van der Waals surface area contributed by atoms with E-state index in [1.54, 1.807) is 0 Å². The summed E-state index contributed by atoms with van der Waals surface area (Å²) in [6, 6.07) is 5.96. The highest BCUT2D eigenvalue weighted by molar-refractivity contribution is 7.89. The third kappa shape index (κ3) is 6.59. The largest absolute Gasteiger partial charge is 0.492 e. The van der Waals surface area contributed by atoms with Crippen LogP contribution in [0, 0.1) is 13.8 Å². The van der Waals surface area contributed by atoms with Gasteiger partial charge < -0.3 is 4.74 Å². The molecule has 0 spiro atoms. The van der Waals surface area contributed by atoms with E-state index in [0.717, 1.165) is 23.3 Å². The third-order valence-electron chi connectivity index (χ3n) is 2.65. The lowest BCUT2D eigenvalue weighted by Crippen LogP contribution is -2.30. The van der Waals surface area contributed by atoms with Gasteiger partial charge in [-0.05, 0) is 43.5 Å². The normalized spacial score (nSPS) is 11.5. The summed E-state index contributed by atoms with van der Waals surface area (Å²) in [5.41, 5.74) is 2.28. The summed E-state index contributed by atoms with van der Waals surface area (Å²) in [6.07, 6.45) is 1.56. The zero-order chi connectivity index (χ0) is 14.3. The Hall–Kier alpha value is -1.07. The first kappa shape index (κ1) is 16.0. The SMILES string of the molecule is CCCCS(=O)(=O)NCCOc1cc(C)cc(C)c1. The molecule has 5 heteroatoms. The second kappa shape index (κ2) is 7.50. The summed E-state index contributed by atoms with van der Waals surface area (Å²) in [5.74, 6) is 0.970. The van der Waals surface area contributed by atoms with E-state index < -0.39 is 10.0 Å². The van der Waals surface area contributed by atoms with Crippen LogP contribution in [0.3, 0.4) is 0 Å². The van der Waals surface area contributed by atoms with Gasteiger partial charge in [-0.2, -0.15) is 0 Å². The summed E-state index contributed by atoms with van der Waals surface area (Å²) in [7, 11) is -3.14. The summed E-state index contributed by atoms with van der Waals surface area (Å²) in [5, 5.41) is 0. The molecule has 0 heterocycles. The number of benzene rings is 1. The summed E-state index contributed by atoms with van der Waals surface area (Å²) in [6.45, 7) is 6.63. The molecule has 0 radical (unpaired) electrons. The van der Waals surface area contributed by atoms with Crippen LogP contribution in [0.5, 0.6) is 5.75 Å². The molecule has 0 bridgehead atoms. The van der Waals surface area contributed by atoms with Crippen molar-refractivity contribution < 1.29 is 13.2 Å². The Morgan fingerprint density at radius 2 is 1.79 bits per heavy atom. The van der Waals surface area contributed by atoms with Gasteiger partial charge in [-0.25, -0.2) is 13.1 Å². The first-order chi connectivity index (χ1) is 8.93. The van der Waals surface area contributed by atoms with Crippen molar-refractivity contribution in [3.05, 3.63) is 29.3 Å². The molecule has 0 aliphatic heterocycles. The smallest absolute Gasteiger partial charge is 0.211 e. The Labute approximate surface area is 116 Å². The van der Waals surface area contributed by atoms with Crippen molar-refractivity contribution in [2.45, 2.75) is 33.6 Å². The number of sulfonamides is 1. The second-order valence-corrected chi connectivity index (χ2v) is 6.67. The summed E-state index contributed by atoms with van der Waals surface area (Å²) >= 11 is 0. The predicted molar refractivity (Wildman–Crippen MR) is 78.1 cm³/mol. The predicted octanol–water partition coefficient (Wildman–Crippen LogP) is 2.40. The minimum absolute atomic E-state index is 0.188. The molecule has 1 rings (SSSR count). The Balaban J connectivity index is 2.34. The first-order valence-corrected chi connectivity index (χ1v) is 8.26. The molecule has 108 valence electrons. The van der Waals surface area contributed by atoms with Gasteiger partial charge in [0.25, 0.3) is 0 Å². The maximum Gasteiger partial charge on any atom is 0.211 e. The van der Waals surface area contributed by atoms with Gasteiger partial charge in [0, 0.05) is 6.54 Å². The quantitative estimate of drug-likeness (QED) is 0.746. The minimum atomic E-state index is -3.14. The maximum atomic E-state index is 11.5. The van der Waals surface area contributed by atoms with Crippen LogP contribution in [0.2, 0.25) is 0 Å². The maximum absolute atomic E-state index is 11.5. The van der Waals surface area contributed by atoms with E-state index in [0.29, 0.717) is 19.6 Å². The second-order valence-electron chi connectivity index (χ2n) is 4.74. The molecule has 4 nitrogen and oxygen atoms in total. The van der Waals surface area contributed by atoms with Crippen molar-refractivity contribution in [1.29, 1.82) is 0 Å². The summed E-state index contributed by atoms with van der Waals surface area (Å²) < 4.78 is 31.2. The Morgan fingerprint density at radius 3 is 2.37 bits per heavy atom. The molecule has 0 fully saturated rings. The number of hydrogen-bond donors (Lipinski definition) is 1. The van der Waals surface area contributed by atoms with Gasteiger partial charge in [0.1, 0.15) is 12.4 Å². The first-order valence-electron chi connectivity index (χ1n) is 6.61. The molecular formula is C14H23NO3S. The van der Waals surface area contributed by atoms with Crippen LogP contribution in [-0.2, 0) is 10.0 Å². The van der Waals surface area contributed by atoms with E-state index in [1.807, 2.05) is 32.9 Å². The number of rotatable bonds is 8. The number of hydrogen-bond acceptors (Lipinski definition) is 3. The molecule has 1 N–H and O–H groups in total. The van der Waals surface area contributed by atoms with Crippen LogP contribution in [0.15, 0.2) is 18.2 Å². The molecule has 0 saturated carbocycles. The van der Waals surface area contributed by atoms with Gasteiger partial charge >= 0.3 is 0 Å². The standard InChI is InChI=1S/C14H23NO3S/c1-4-5-8-19(16,17)15-6-7-18-14-10-12(2)9-13(3)11-14/h9-11,15H,4-8H2,1-3H3. The Morgan fingerprint density at radius 1 is 1.16 bits per heavy atom. The number of unbranched alkanes of at least 4 members (excludes halogenated alkanes) is 1. The van der Waals surface area contributed by atoms with Gasteiger partial charge in [-0.15, -0.1) is 0 Å². The average molecular weight is 285 g/mol. The molecule has 1 aromatic rings. The highest BCUT2D eigenvalue weighted by Crippen LogP contribution is 2.15. The highest BCUT2D eigenvalue weighted by atomic mass is 32.2. The van der Waals surface area contributed by atoms with Gasteiger partial charge in [-0.1, -0.05) is 19.4 Å². The van der Waals surface area contributed by atoms with Crippen molar-refractivity contribution in [2.24, 2.45) is 0 Å². The van der Waals surface area contributed by atoms with Crippen LogP contribution in [-0.4, -0.2) is 27.3 Å². The minimum Gasteiger partial charge on any atom is -0.492 e. The average Bonchev–Trinajstić information content (AvgIpc) is 2.31. The molecule has 0 atom stereocenters. The van der Waals surface area contributed by atoms with Crippen molar-refractivity contribution >= 4 is 10.0 Å². The number of aryl methyl sites for hydroxylation is 2. The van der Waals surface area contributed by atoms with E-state index >= 15 is 0 Å². The molecule has 0 aliphatic carbocycles. The molecule has 0 amide bonds. The molecule has 0 aromatic heterocycles. The zero-order valence-electron chi connectivity index (χ0n) is 11.9. The highest BCUT2D eigenvalue weighted by Gasteiger charge is 2.08. The lowest BCUT2D eigenvalue weighted by molar-refractivity contribution is 0.322. The van der Waals surface area contributed by atoms with Crippen molar-refractivity contribution in [1.82, 2.24) is 4.72 Å². The summed E-state index contributed by atoms with van der Waals surface area (Å²) in [4.78, 5) is 0. The van der Waals surface area contributed by atoms with Gasteiger partial charge in [0.15, 0.2) is 0 Å². The fraction of sp³-hybridized carbons (Fsp3) is 0.571. The van der Waals surface area contributed by atoms with Gasteiger partial charge in [-0.3, -0.25) is 0 Å². The monoisotopic (exact) mass is 285 g/mol. The van der Waals surface area contributed by atoms with Crippen molar-refractivity contribution in [3.8, 4) is 5.75 Å². The molecular weight excluding hydrogens is 262 g/mol. The van der Waals surface area contributed by atoms with Crippen LogP contribution in [0.4, 0.5) is 0 Å². The van der Waals surface area contributed by atoms with E-state index in [1.165, 1.54) is 0 Å². The van der Waals surface area contributed by atoms with E-state index in [4.69, 9.17) is 4.74 Å². The zero-order valence-corrected chi connectivity index (χ0v) is 12.7. The van der Waals surface area contributed by atoms with Crippen LogP contribution < -0.4 is 9.46 Å². The van der Waals surface area contributed by atoms with E-state index in [-0.39, 0.29) is 5.75 Å². The topological polar surface area (TPSA) is 55.4 Å². The van der Waals surface area contributed by atoms with Crippen LogP contribution in [0.1, 0.15) is 30.9 Å². The van der Waals surface area contributed by atoms with Gasteiger partial charge in [0.2, 0.25) is 10.0 Å². The third-order valence-corrected chi connectivity index (χ3v) is 4.12. The Bertz CT molecular complexity index is 477. The lowest BCUT2D eigenvalue weighted by Gasteiger charge is -2.09. The van der Waals surface area contributed by atoms with E-state index in [2.05, 4.69) is 10.8 Å². The lowest BCUT2D eigenvalue weighted by atomic mass is 10.1. The van der Waals surface area contributed by atoms with Crippen molar-refractivity contribution in [3.63, 3.8) is 0 Å². The molecule has 0 unspecified atom stereocenters. The van der Waals surface area contributed by atoms with Crippen LogP contribution >= 0.6 is 0 Å². The number of ether oxygens (including phenoxy) is 1. The molecule has 0 aliphatic rings. The molecule has 1 aromatic carbocycles. The van der Waals surface area contributed by atoms with Gasteiger partial charge in [0.05, 0.1) is 5.75 Å². The fourth-order valence-electron chi connectivity index (χ4n) is 1.79. The van der Waals surface area contributed by atoms with E-state index in [9.17, 15) is 8.42 Å². The van der Waals surface area contributed by atoms with Crippen molar-refractivity contribution in [2.75, 3.05) is 18.9 Å².